The van der Waals surface area contributed by atoms with Crippen LogP contribution in [0.3, 0.4) is 0 Å². The lowest BCUT2D eigenvalue weighted by molar-refractivity contribution is -0.310. The molecule has 0 aliphatic rings. The van der Waals surface area contributed by atoms with E-state index in [0.29, 0.717) is 0 Å². The highest BCUT2D eigenvalue weighted by Crippen LogP contribution is 2.01. The molecule has 1 N–H and O–H groups in total. The van der Waals surface area contributed by atoms with Crippen LogP contribution in [0.15, 0.2) is 0 Å². The van der Waals surface area contributed by atoms with Crippen molar-refractivity contribution in [3.63, 3.8) is 0 Å². The fourth-order valence-electron chi connectivity index (χ4n) is 1.14. The summed E-state index contributed by atoms with van der Waals surface area (Å²) in [5.41, 5.74) is 0. The summed E-state index contributed by atoms with van der Waals surface area (Å²) in [5, 5.41) is 23.0. The smallest absolute Gasteiger partial charge is 0.220 e. The Hall–Kier alpha value is -1.59. The van der Waals surface area contributed by atoms with Crippen molar-refractivity contribution in [1.82, 2.24) is 5.32 Å². The minimum atomic E-state index is -1.49. The Bertz CT molecular complexity index is 274. The Balaban J connectivity index is 4.17. The number of carbonyl (C=O) groups excluding carboxylic acids is 3. The van der Waals surface area contributed by atoms with E-state index in [9.17, 15) is 24.6 Å². The molecule has 0 fully saturated rings. The van der Waals surface area contributed by atoms with Crippen LogP contribution in [0.25, 0.3) is 0 Å². The van der Waals surface area contributed by atoms with E-state index < -0.39 is 30.3 Å². The standard InChI is InChI=1S/C10H17NO5/c1-6(2)5-8(12)11-7(10(15)16)3-4-9(13)14/h6-7H,3-5H2,1-2H3,(H,11,12)(H,13,14)(H,15,16)/p-2. The van der Waals surface area contributed by atoms with Crippen molar-refractivity contribution in [2.45, 2.75) is 39.2 Å². The van der Waals surface area contributed by atoms with E-state index in [1.54, 1.807) is 0 Å². The minimum Gasteiger partial charge on any atom is -0.550 e. The normalized spacial score (nSPS) is 12.2. The molecule has 0 aromatic rings. The van der Waals surface area contributed by atoms with E-state index in [4.69, 9.17) is 0 Å². The molecule has 0 saturated carbocycles. The number of hydrogen-bond donors (Lipinski definition) is 1. The van der Waals surface area contributed by atoms with E-state index in [2.05, 4.69) is 5.32 Å². The molecule has 6 nitrogen and oxygen atoms in total. The summed E-state index contributed by atoms with van der Waals surface area (Å²) < 4.78 is 0. The molecule has 1 atom stereocenters. The summed E-state index contributed by atoms with van der Waals surface area (Å²) in [6, 6.07) is -1.27. The molecule has 0 aromatic carbocycles. The largest absolute Gasteiger partial charge is 0.550 e. The summed E-state index contributed by atoms with van der Waals surface area (Å²) >= 11 is 0. The van der Waals surface area contributed by atoms with Crippen LogP contribution >= 0.6 is 0 Å². The first-order valence-electron chi connectivity index (χ1n) is 5.03. The summed E-state index contributed by atoms with van der Waals surface area (Å²) in [5.74, 6) is -3.17. The van der Waals surface area contributed by atoms with Crippen molar-refractivity contribution < 1.29 is 24.6 Å². The molecule has 0 bridgehead atoms. The molecule has 0 radical (unpaired) electrons. The van der Waals surface area contributed by atoms with Crippen LogP contribution < -0.4 is 15.5 Å². The van der Waals surface area contributed by atoms with E-state index in [1.807, 2.05) is 13.8 Å². The predicted octanol–water partition coefficient (Wildman–Crippen LogP) is -2.20. The molecule has 0 aliphatic carbocycles. The van der Waals surface area contributed by atoms with Gasteiger partial charge in [-0.15, -0.1) is 0 Å². The van der Waals surface area contributed by atoms with E-state index in [-0.39, 0.29) is 18.8 Å². The Labute approximate surface area is 93.6 Å². The van der Waals surface area contributed by atoms with Crippen molar-refractivity contribution in [1.29, 1.82) is 0 Å². The summed E-state index contributed by atoms with van der Waals surface area (Å²) in [6.45, 7) is 3.63. The van der Waals surface area contributed by atoms with Crippen molar-refractivity contribution >= 4 is 17.8 Å². The van der Waals surface area contributed by atoms with Gasteiger partial charge in [-0.1, -0.05) is 13.8 Å². The quantitative estimate of drug-likeness (QED) is 0.532. The second-order valence-electron chi connectivity index (χ2n) is 3.95. The number of nitrogens with one attached hydrogen (secondary N) is 1. The maximum atomic E-state index is 11.2. The Morgan fingerprint density at radius 2 is 1.75 bits per heavy atom. The zero-order chi connectivity index (χ0) is 12.7. The van der Waals surface area contributed by atoms with Crippen molar-refractivity contribution in [3.05, 3.63) is 0 Å². The molecule has 1 amide bonds. The first-order valence-corrected chi connectivity index (χ1v) is 5.03. The van der Waals surface area contributed by atoms with E-state index in [1.165, 1.54) is 0 Å². The van der Waals surface area contributed by atoms with Crippen LogP contribution in [-0.2, 0) is 14.4 Å². The van der Waals surface area contributed by atoms with Crippen LogP contribution in [0.4, 0.5) is 0 Å². The SMILES string of the molecule is CC(C)CC(=O)NC(CCC(=O)[O-])C(=O)[O-]. The van der Waals surface area contributed by atoms with Gasteiger partial charge in [-0.05, 0) is 18.8 Å². The summed E-state index contributed by atoms with van der Waals surface area (Å²) in [7, 11) is 0. The van der Waals surface area contributed by atoms with Gasteiger partial charge in [0.15, 0.2) is 0 Å². The molecular formula is C10H15NO5-2. The monoisotopic (exact) mass is 229 g/mol. The number of carboxylic acid groups (broad SMARTS) is 2. The van der Waals surface area contributed by atoms with Crippen molar-refractivity contribution in [2.75, 3.05) is 0 Å². The fraction of sp³-hybridized carbons (Fsp3) is 0.700. The molecule has 0 aromatic heterocycles. The summed E-state index contributed by atoms with van der Waals surface area (Å²) in [6.07, 6.45) is -0.468. The second-order valence-corrected chi connectivity index (χ2v) is 3.95. The van der Waals surface area contributed by atoms with Crippen LogP contribution in [0.1, 0.15) is 33.1 Å². The number of amides is 1. The molecule has 16 heavy (non-hydrogen) atoms. The minimum absolute atomic E-state index is 0.101. The fourth-order valence-corrected chi connectivity index (χ4v) is 1.14. The zero-order valence-corrected chi connectivity index (χ0v) is 9.32. The van der Waals surface area contributed by atoms with Gasteiger partial charge in [0.25, 0.3) is 0 Å². The zero-order valence-electron chi connectivity index (χ0n) is 9.32. The molecule has 0 saturated heterocycles. The maximum Gasteiger partial charge on any atom is 0.220 e. The Morgan fingerprint density at radius 3 is 2.12 bits per heavy atom. The highest BCUT2D eigenvalue weighted by molar-refractivity contribution is 5.83. The van der Waals surface area contributed by atoms with Crippen LogP contribution in [0.2, 0.25) is 0 Å². The van der Waals surface area contributed by atoms with E-state index >= 15 is 0 Å². The van der Waals surface area contributed by atoms with Gasteiger partial charge in [-0.2, -0.15) is 0 Å². The molecule has 1 unspecified atom stereocenters. The van der Waals surface area contributed by atoms with Gasteiger partial charge in [-0.3, -0.25) is 4.79 Å². The average molecular weight is 229 g/mol. The highest BCUT2D eigenvalue weighted by atomic mass is 16.4. The number of aliphatic carboxylic acids is 2. The van der Waals surface area contributed by atoms with Crippen molar-refractivity contribution in [2.24, 2.45) is 5.92 Å². The molecule has 0 heterocycles. The number of carboxylic acids is 2. The lowest BCUT2D eigenvalue weighted by Crippen LogP contribution is -2.48. The topological polar surface area (TPSA) is 109 Å². The third-order valence-electron chi connectivity index (χ3n) is 1.85. The molecule has 0 rings (SSSR count). The predicted molar refractivity (Wildman–Crippen MR) is 50.6 cm³/mol. The van der Waals surface area contributed by atoms with Gasteiger partial charge < -0.3 is 25.1 Å². The van der Waals surface area contributed by atoms with Crippen LogP contribution in [0.5, 0.6) is 0 Å². The Morgan fingerprint density at radius 1 is 1.19 bits per heavy atom. The highest BCUT2D eigenvalue weighted by Gasteiger charge is 2.14. The lowest BCUT2D eigenvalue weighted by Gasteiger charge is -2.20. The van der Waals surface area contributed by atoms with Gasteiger partial charge in [0.1, 0.15) is 0 Å². The first kappa shape index (κ1) is 14.4. The third kappa shape index (κ3) is 6.80. The van der Waals surface area contributed by atoms with Gasteiger partial charge in [0.2, 0.25) is 5.91 Å². The molecule has 92 valence electrons. The number of rotatable bonds is 7. The van der Waals surface area contributed by atoms with Crippen molar-refractivity contribution in [3.8, 4) is 0 Å². The molecule has 0 spiro atoms. The molecular weight excluding hydrogens is 214 g/mol. The Kier molecular flexibility index (Phi) is 6.14. The van der Waals surface area contributed by atoms with Crippen LogP contribution in [-0.4, -0.2) is 23.9 Å². The second kappa shape index (κ2) is 6.81. The molecule has 6 heteroatoms. The maximum absolute atomic E-state index is 11.2. The molecule has 0 aliphatic heterocycles. The van der Waals surface area contributed by atoms with E-state index in [0.717, 1.165) is 0 Å². The number of hydrogen-bond acceptors (Lipinski definition) is 5. The number of carbonyl (C=O) groups is 3. The lowest BCUT2D eigenvalue weighted by atomic mass is 10.1. The van der Waals surface area contributed by atoms with Gasteiger partial charge in [-0.25, -0.2) is 0 Å². The average Bonchev–Trinajstić information content (AvgIpc) is 2.09. The van der Waals surface area contributed by atoms with Gasteiger partial charge in [0.05, 0.1) is 12.0 Å². The first-order chi connectivity index (χ1) is 7.32. The third-order valence-corrected chi connectivity index (χ3v) is 1.85. The van der Waals surface area contributed by atoms with Crippen LogP contribution in [0, 0.1) is 5.92 Å². The van der Waals surface area contributed by atoms with Gasteiger partial charge in [0, 0.05) is 12.4 Å². The van der Waals surface area contributed by atoms with Gasteiger partial charge >= 0.3 is 0 Å². The summed E-state index contributed by atoms with van der Waals surface area (Å²) in [4.78, 5) is 32.0.